The van der Waals surface area contributed by atoms with E-state index >= 15 is 0 Å². The van der Waals surface area contributed by atoms with Gasteiger partial charge in [-0.1, -0.05) is 0 Å². The first-order chi connectivity index (χ1) is 23.6. The Kier molecular flexibility index (Phi) is 6.30. The van der Waals surface area contributed by atoms with Gasteiger partial charge >= 0.3 is 18.1 Å². The minimum Gasteiger partial charge on any atom is -0.453 e. The molecule has 2 aliphatic rings. The molecule has 1 amide bonds. The number of pyridine rings is 2. The number of aryl methyl sites for hydroxylation is 1. The molecule has 2 N–H and O–H groups in total. The molecule has 0 aromatic carbocycles. The molecule has 1 aliphatic carbocycles. The van der Waals surface area contributed by atoms with E-state index in [9.17, 15) is 22.8 Å². The van der Waals surface area contributed by atoms with E-state index in [2.05, 4.69) is 30.6 Å². The van der Waals surface area contributed by atoms with Crippen molar-refractivity contribution in [2.45, 2.75) is 56.5 Å². The van der Waals surface area contributed by atoms with Gasteiger partial charge in [0.2, 0.25) is 0 Å². The number of anilines is 2. The van der Waals surface area contributed by atoms with Gasteiger partial charge in [0, 0.05) is 54.2 Å². The lowest BCUT2D eigenvalue weighted by molar-refractivity contribution is -0.212. The highest BCUT2D eigenvalue weighted by atomic mass is 19.4. The molecule has 6 heterocycles. The van der Waals surface area contributed by atoms with Crippen molar-refractivity contribution in [3.05, 3.63) is 47.3 Å². The van der Waals surface area contributed by atoms with E-state index < -0.39 is 37.1 Å². The van der Waals surface area contributed by atoms with Crippen molar-refractivity contribution in [2.75, 3.05) is 25.6 Å². The van der Waals surface area contributed by atoms with Crippen LogP contribution in [0.1, 0.15) is 49.7 Å². The van der Waals surface area contributed by atoms with Gasteiger partial charge in [-0.05, 0) is 44.2 Å². The third kappa shape index (κ3) is 5.33. The molecule has 17 heteroatoms. The molecule has 2 fully saturated rings. The maximum Gasteiger partial charge on any atom is 0.504 e. The van der Waals surface area contributed by atoms with Gasteiger partial charge in [-0.3, -0.25) is 13.8 Å². The fraction of sp³-hybridized carbons (Fsp3) is 0.448. The number of methoxy groups -OCH3 is 1. The van der Waals surface area contributed by atoms with Crippen LogP contribution in [0, 0.1) is 0 Å². The predicted molar refractivity (Wildman–Crippen MR) is 160 cm³/mol. The average Bonchev–Trinajstić information content (AvgIpc) is 3.84. The first-order valence-electron chi connectivity index (χ1n) is 16.5. The number of imidazole rings is 1. The first kappa shape index (κ1) is 25.3. The molecule has 2 atom stereocenters. The molecule has 46 heavy (non-hydrogen) atoms. The summed E-state index contributed by atoms with van der Waals surface area (Å²) in [5.74, 6) is 0.435. The number of carbonyl (C=O) groups excluding carboxylic acids is 1. The lowest BCUT2D eigenvalue weighted by atomic mass is 10.1. The summed E-state index contributed by atoms with van der Waals surface area (Å²) in [6.07, 6.45) is -0.558. The van der Waals surface area contributed by atoms with Gasteiger partial charge in [-0.15, -0.1) is 13.2 Å². The smallest absolute Gasteiger partial charge is 0.453 e. The number of ether oxygens (including phenoxy) is 2. The first-order valence-corrected chi connectivity index (χ1v) is 14.5. The van der Waals surface area contributed by atoms with Crippen molar-refractivity contribution in [3.8, 4) is 11.3 Å². The number of carbonyl (C=O) groups is 1. The third-order valence-electron chi connectivity index (χ3n) is 8.31. The average molecular weight is 645 g/mol. The quantitative estimate of drug-likeness (QED) is 0.275. The number of alkyl halides is 3. The molecule has 5 aromatic rings. The second kappa shape index (κ2) is 11.5. The molecule has 1 aliphatic heterocycles. The highest BCUT2D eigenvalue weighted by molar-refractivity contribution is 5.91. The van der Waals surface area contributed by atoms with Crippen LogP contribution < -0.4 is 16.3 Å². The van der Waals surface area contributed by atoms with Crippen molar-refractivity contribution >= 4 is 39.8 Å². The summed E-state index contributed by atoms with van der Waals surface area (Å²) in [6, 6.07) is 2.74. The molecular weight excluding hydrogens is 609 g/mol. The van der Waals surface area contributed by atoms with E-state index in [1.165, 1.54) is 23.9 Å². The molecule has 1 saturated heterocycles. The van der Waals surface area contributed by atoms with E-state index in [1.807, 2.05) is 0 Å². The zero-order valence-corrected chi connectivity index (χ0v) is 24.4. The third-order valence-corrected chi connectivity index (χ3v) is 8.31. The fourth-order valence-corrected chi connectivity index (χ4v) is 6.10. The lowest BCUT2D eigenvalue weighted by Crippen LogP contribution is -2.33. The van der Waals surface area contributed by atoms with Crippen LogP contribution in [0.4, 0.5) is 29.6 Å². The Morgan fingerprint density at radius 1 is 1.11 bits per heavy atom. The Morgan fingerprint density at radius 3 is 2.67 bits per heavy atom. The number of amides is 1. The monoisotopic (exact) mass is 644 g/mol. The van der Waals surface area contributed by atoms with Gasteiger partial charge in [0.25, 0.3) is 0 Å². The van der Waals surface area contributed by atoms with E-state index in [0.29, 0.717) is 48.1 Å². The molecular formula is C29H31F3N10O4. The number of rotatable bonds is 6. The number of aromatic nitrogens is 8. The van der Waals surface area contributed by atoms with E-state index in [-0.39, 0.29) is 57.5 Å². The molecule has 7 rings (SSSR count). The standard InChI is InChI=1S/C29H31F3N10O4/c1-39-22-14-33-24(12-21(22)41(28(39)44)19-4-3-17(11-19)35-27(43)45-2)36-23-6-5-20-26(37-23)25(16-13-34-40(15-16)29(30,31)32)38-42(20)18-7-9-46-10-8-18/h5-6,12-15,17-19H,3-4,7-11H2,1-2H3,(H,35,43)(H,33,36,37)/t17?,19-/m1/s1/i1D3,17D. The zero-order valence-electron chi connectivity index (χ0n) is 28.4. The van der Waals surface area contributed by atoms with Gasteiger partial charge in [-0.25, -0.2) is 19.6 Å². The Bertz CT molecular complexity index is 2150. The molecule has 14 nitrogen and oxygen atoms in total. The Morgan fingerprint density at radius 2 is 1.93 bits per heavy atom. The SMILES string of the molecule is [2H]C1(NC(=O)OC)CC[C@@H](n2c(=O)n(C([2H])([2H])[2H])c3cnc(Nc4ccc5c(n4)c(-c4cnn(C(F)(F)F)c4)nn5C4CCOCC4)cc32)C1. The van der Waals surface area contributed by atoms with Gasteiger partial charge < -0.3 is 20.1 Å². The molecule has 242 valence electrons. The molecule has 1 unspecified atom stereocenters. The highest BCUT2D eigenvalue weighted by Crippen LogP contribution is 2.35. The Labute approximate surface area is 264 Å². The molecule has 5 aromatic heterocycles. The van der Waals surface area contributed by atoms with Crippen LogP contribution >= 0.6 is 0 Å². The topological polar surface area (TPSA) is 148 Å². The van der Waals surface area contributed by atoms with E-state index in [4.69, 9.17) is 15.2 Å². The number of hydrogen-bond acceptors (Lipinski definition) is 9. The fourth-order valence-electron chi connectivity index (χ4n) is 6.10. The van der Waals surface area contributed by atoms with Crippen molar-refractivity contribution in [1.29, 1.82) is 0 Å². The maximum absolute atomic E-state index is 13.6. The summed E-state index contributed by atoms with van der Waals surface area (Å²) in [7, 11) is 1.18. The summed E-state index contributed by atoms with van der Waals surface area (Å²) in [5.41, 5.74) is 0.643. The van der Waals surface area contributed by atoms with E-state index in [1.54, 1.807) is 16.8 Å². The molecule has 0 radical (unpaired) electrons. The summed E-state index contributed by atoms with van der Waals surface area (Å²) >= 11 is 0. The lowest BCUT2D eigenvalue weighted by Gasteiger charge is -2.23. The second-order valence-corrected chi connectivity index (χ2v) is 11.1. The van der Waals surface area contributed by atoms with Crippen molar-refractivity contribution in [3.63, 3.8) is 0 Å². The van der Waals surface area contributed by atoms with Crippen LogP contribution in [0.15, 0.2) is 41.6 Å². The van der Waals surface area contributed by atoms with Gasteiger partial charge in [0.1, 0.15) is 22.8 Å². The van der Waals surface area contributed by atoms with Crippen LogP contribution in [-0.4, -0.2) is 71.1 Å². The number of hydrogen-bond donors (Lipinski definition) is 2. The van der Waals surface area contributed by atoms with Crippen LogP contribution in [0.2, 0.25) is 0 Å². The minimum atomic E-state index is -4.72. The summed E-state index contributed by atoms with van der Waals surface area (Å²) in [5, 5.41) is 13.7. The largest absolute Gasteiger partial charge is 0.504 e. The Balaban J connectivity index is 1.28. The van der Waals surface area contributed by atoms with Gasteiger partial charge in [0.15, 0.2) is 0 Å². The van der Waals surface area contributed by atoms with Crippen LogP contribution in [0.25, 0.3) is 33.3 Å². The number of fused-ring (bicyclic) bond motifs is 2. The predicted octanol–water partition coefficient (Wildman–Crippen LogP) is 4.36. The summed E-state index contributed by atoms with van der Waals surface area (Å²) in [6.45, 7) is -1.82. The van der Waals surface area contributed by atoms with Crippen molar-refractivity contribution in [1.82, 2.24) is 44.0 Å². The molecule has 0 spiro atoms. The molecule has 0 bridgehead atoms. The van der Waals surface area contributed by atoms with Crippen molar-refractivity contribution in [2.24, 2.45) is 6.98 Å². The van der Waals surface area contributed by atoms with Gasteiger partial charge in [0.05, 0.1) is 43.5 Å². The Hall–Kier alpha value is -4.93. The number of halogens is 3. The number of nitrogens with zero attached hydrogens (tertiary/aromatic N) is 8. The summed E-state index contributed by atoms with van der Waals surface area (Å²) in [4.78, 5) is 34.6. The second-order valence-electron chi connectivity index (χ2n) is 11.1. The van der Waals surface area contributed by atoms with Crippen LogP contribution in [0.5, 0.6) is 0 Å². The maximum atomic E-state index is 13.6. The normalized spacial score (nSPS) is 22.4. The van der Waals surface area contributed by atoms with Crippen LogP contribution in [-0.2, 0) is 22.7 Å². The van der Waals surface area contributed by atoms with Crippen LogP contribution in [0.3, 0.4) is 0 Å². The zero-order chi connectivity index (χ0) is 35.6. The highest BCUT2D eigenvalue weighted by Gasteiger charge is 2.33. The minimum absolute atomic E-state index is 0.0102. The van der Waals surface area contributed by atoms with Crippen molar-refractivity contribution < 1.29 is 32.9 Å². The number of alkyl carbamates (subject to hydrolysis) is 1. The molecule has 1 saturated carbocycles. The summed E-state index contributed by atoms with van der Waals surface area (Å²) < 4.78 is 86.7. The number of nitrogens with one attached hydrogen (secondary N) is 2. The van der Waals surface area contributed by atoms with Gasteiger partial charge in [-0.2, -0.15) is 14.9 Å². The van der Waals surface area contributed by atoms with E-state index in [0.717, 1.165) is 12.4 Å².